The summed E-state index contributed by atoms with van der Waals surface area (Å²) < 4.78 is 29.6. The molecule has 2 fully saturated rings. The summed E-state index contributed by atoms with van der Waals surface area (Å²) in [5.74, 6) is -2.93. The molecule has 0 spiro atoms. The molecule has 2 amide bonds. The van der Waals surface area contributed by atoms with Crippen molar-refractivity contribution in [2.45, 2.75) is 18.5 Å². The van der Waals surface area contributed by atoms with Crippen LogP contribution in [-0.2, 0) is 19.1 Å². The van der Waals surface area contributed by atoms with Gasteiger partial charge >= 0.3 is 5.97 Å². The molecule has 2 saturated heterocycles. The number of carbonyl (C=O) groups excluding carboxylic acids is 3. The van der Waals surface area contributed by atoms with Crippen molar-refractivity contribution in [3.05, 3.63) is 53.8 Å². The predicted molar refractivity (Wildman–Crippen MR) is 110 cm³/mol. The number of anilines is 1. The van der Waals surface area contributed by atoms with Gasteiger partial charge < -0.3 is 14.2 Å². The molecule has 3 aliphatic heterocycles. The van der Waals surface area contributed by atoms with E-state index in [1.165, 1.54) is 31.4 Å². The topological polar surface area (TPSA) is 94.2 Å². The lowest BCUT2D eigenvalue weighted by Gasteiger charge is -2.29. The van der Waals surface area contributed by atoms with Crippen molar-refractivity contribution in [2.24, 2.45) is 11.8 Å². The van der Waals surface area contributed by atoms with Crippen LogP contribution in [-0.4, -0.2) is 43.6 Å². The second kappa shape index (κ2) is 7.30. The van der Waals surface area contributed by atoms with E-state index in [-0.39, 0.29) is 0 Å². The molecule has 3 aliphatic rings. The minimum atomic E-state index is -1.44. The summed E-state index contributed by atoms with van der Waals surface area (Å²) >= 11 is 0. The predicted octanol–water partition coefficient (Wildman–Crippen LogP) is 1.98. The van der Waals surface area contributed by atoms with Crippen LogP contribution in [0.15, 0.2) is 42.5 Å². The molecule has 32 heavy (non-hydrogen) atoms. The summed E-state index contributed by atoms with van der Waals surface area (Å²) in [7, 11) is 1.23. The lowest BCUT2D eigenvalue weighted by atomic mass is 9.80. The highest BCUT2D eigenvalue weighted by atomic mass is 19.1. The van der Waals surface area contributed by atoms with Crippen molar-refractivity contribution < 1.29 is 33.0 Å². The number of benzene rings is 2. The summed E-state index contributed by atoms with van der Waals surface area (Å²) in [5, 5.41) is 3.13. The molecule has 1 N–H and O–H groups in total. The van der Waals surface area contributed by atoms with E-state index in [0.717, 1.165) is 4.90 Å². The van der Waals surface area contributed by atoms with Gasteiger partial charge in [0, 0.05) is 12.1 Å². The van der Waals surface area contributed by atoms with E-state index in [1.54, 1.807) is 25.1 Å². The number of rotatable bonds is 3. The fourth-order valence-electron chi connectivity index (χ4n) is 4.92. The van der Waals surface area contributed by atoms with Crippen LogP contribution in [0.1, 0.15) is 18.5 Å². The molecule has 166 valence electrons. The third-order valence-corrected chi connectivity index (χ3v) is 6.41. The number of hydrogen-bond acceptors (Lipinski definition) is 7. The number of imide groups is 1. The van der Waals surface area contributed by atoms with Gasteiger partial charge in [0.15, 0.2) is 11.5 Å². The zero-order valence-electron chi connectivity index (χ0n) is 17.5. The van der Waals surface area contributed by atoms with Crippen molar-refractivity contribution in [1.82, 2.24) is 5.32 Å². The number of nitrogens with zero attached hydrogens (tertiary/aromatic N) is 1. The van der Waals surface area contributed by atoms with Gasteiger partial charge in [-0.25, -0.2) is 9.29 Å². The molecule has 2 aromatic carbocycles. The van der Waals surface area contributed by atoms with Gasteiger partial charge in [-0.05, 0) is 36.8 Å². The minimum absolute atomic E-state index is 0.337. The number of amides is 2. The highest BCUT2D eigenvalue weighted by molar-refractivity contribution is 6.24. The van der Waals surface area contributed by atoms with E-state index in [1.807, 2.05) is 0 Å². The van der Waals surface area contributed by atoms with Crippen LogP contribution in [0.4, 0.5) is 10.1 Å². The minimum Gasteiger partial charge on any atom is -0.486 e. The fourth-order valence-corrected chi connectivity index (χ4v) is 4.92. The van der Waals surface area contributed by atoms with Gasteiger partial charge in [0.1, 0.15) is 24.6 Å². The monoisotopic (exact) mass is 440 g/mol. The van der Waals surface area contributed by atoms with Crippen LogP contribution in [0.5, 0.6) is 11.5 Å². The Morgan fingerprint density at radius 1 is 1.09 bits per heavy atom. The van der Waals surface area contributed by atoms with Crippen LogP contribution in [0.3, 0.4) is 0 Å². The van der Waals surface area contributed by atoms with Crippen LogP contribution in [0, 0.1) is 17.7 Å². The van der Waals surface area contributed by atoms with E-state index >= 15 is 0 Å². The standard InChI is InChI=1S/C23H21FN2O6/c1-23(22(29)30-2)18-17(19(25-23)12-3-5-13(24)6-4-12)20(27)26(21(18)28)14-7-8-15-16(11-14)32-10-9-31-15/h3-8,11,17-19,25H,9-10H2,1-2H3/t17-,18+,19+,23+/m0/s1. The molecule has 0 radical (unpaired) electrons. The quantitative estimate of drug-likeness (QED) is 0.576. The molecule has 9 heteroatoms. The highest BCUT2D eigenvalue weighted by Gasteiger charge is 2.67. The molecule has 4 atom stereocenters. The summed E-state index contributed by atoms with van der Waals surface area (Å²) in [6, 6.07) is 9.80. The highest BCUT2D eigenvalue weighted by Crippen LogP contribution is 2.50. The average molecular weight is 440 g/mol. The summed E-state index contributed by atoms with van der Waals surface area (Å²) in [6.07, 6.45) is 0. The Bertz CT molecular complexity index is 1120. The summed E-state index contributed by atoms with van der Waals surface area (Å²) in [4.78, 5) is 41.0. The Balaban J connectivity index is 1.58. The number of hydrogen-bond donors (Lipinski definition) is 1. The van der Waals surface area contributed by atoms with Crippen molar-refractivity contribution in [3.8, 4) is 11.5 Å². The first-order chi connectivity index (χ1) is 15.3. The van der Waals surface area contributed by atoms with Gasteiger partial charge in [-0.3, -0.25) is 19.7 Å². The number of methoxy groups -OCH3 is 1. The van der Waals surface area contributed by atoms with E-state index < -0.39 is 47.0 Å². The van der Waals surface area contributed by atoms with Crippen molar-refractivity contribution >= 4 is 23.5 Å². The second-order valence-corrected chi connectivity index (χ2v) is 8.21. The summed E-state index contributed by atoms with van der Waals surface area (Å²) in [5.41, 5.74) is -0.503. The Morgan fingerprint density at radius 3 is 2.47 bits per heavy atom. The first-order valence-corrected chi connectivity index (χ1v) is 10.2. The average Bonchev–Trinajstić information content (AvgIpc) is 3.26. The molecule has 0 unspecified atom stereocenters. The number of nitrogens with one attached hydrogen (secondary N) is 1. The van der Waals surface area contributed by atoms with Gasteiger partial charge in [0.05, 0.1) is 24.6 Å². The largest absolute Gasteiger partial charge is 0.486 e. The number of esters is 1. The summed E-state index contributed by atoms with van der Waals surface area (Å²) in [6.45, 7) is 2.33. The molecule has 5 rings (SSSR count). The van der Waals surface area contributed by atoms with Gasteiger partial charge in [-0.1, -0.05) is 12.1 Å². The van der Waals surface area contributed by atoms with Crippen molar-refractivity contribution in [1.29, 1.82) is 0 Å². The molecular formula is C23H21FN2O6. The third kappa shape index (κ3) is 2.88. The SMILES string of the molecule is COC(=O)[C@]1(C)N[C@H](c2ccc(F)cc2)[C@H]2C(=O)N(c3ccc4c(c3)OCCO4)C(=O)[C@@H]21. The van der Waals surface area contributed by atoms with Crippen LogP contribution >= 0.6 is 0 Å². The van der Waals surface area contributed by atoms with Gasteiger partial charge in [0.2, 0.25) is 11.8 Å². The van der Waals surface area contributed by atoms with Crippen LogP contribution in [0.25, 0.3) is 0 Å². The molecule has 3 heterocycles. The molecule has 0 bridgehead atoms. The maximum Gasteiger partial charge on any atom is 0.326 e. The van der Waals surface area contributed by atoms with Crippen LogP contribution < -0.4 is 19.7 Å². The molecule has 0 saturated carbocycles. The van der Waals surface area contributed by atoms with Crippen molar-refractivity contribution in [3.63, 3.8) is 0 Å². The normalized spacial score (nSPS) is 28.6. The maximum absolute atomic E-state index is 13.6. The molecule has 8 nitrogen and oxygen atoms in total. The Morgan fingerprint density at radius 2 is 1.78 bits per heavy atom. The van der Waals surface area contributed by atoms with E-state index in [2.05, 4.69) is 5.32 Å². The fraction of sp³-hybridized carbons (Fsp3) is 0.348. The number of carbonyl (C=O) groups is 3. The molecular weight excluding hydrogens is 419 g/mol. The number of halogens is 1. The Labute approximate surface area is 183 Å². The van der Waals surface area contributed by atoms with Gasteiger partial charge in [0.25, 0.3) is 0 Å². The third-order valence-electron chi connectivity index (χ3n) is 6.41. The maximum atomic E-state index is 13.6. The lowest BCUT2D eigenvalue weighted by molar-refractivity contribution is -0.151. The Hall–Kier alpha value is -3.46. The van der Waals surface area contributed by atoms with Crippen LogP contribution in [0.2, 0.25) is 0 Å². The number of ether oxygens (including phenoxy) is 3. The first-order valence-electron chi connectivity index (χ1n) is 10.2. The first kappa shape index (κ1) is 20.4. The van der Waals surface area contributed by atoms with Gasteiger partial charge in [-0.2, -0.15) is 0 Å². The zero-order valence-corrected chi connectivity index (χ0v) is 17.5. The van der Waals surface area contributed by atoms with E-state index in [0.29, 0.717) is 36.0 Å². The number of fused-ring (bicyclic) bond motifs is 2. The molecule has 2 aromatic rings. The zero-order chi connectivity index (χ0) is 22.6. The Kier molecular flexibility index (Phi) is 4.67. The van der Waals surface area contributed by atoms with Crippen molar-refractivity contribution in [2.75, 3.05) is 25.2 Å². The molecule has 0 aromatic heterocycles. The molecule has 0 aliphatic carbocycles. The smallest absolute Gasteiger partial charge is 0.326 e. The second-order valence-electron chi connectivity index (χ2n) is 8.21. The van der Waals surface area contributed by atoms with Gasteiger partial charge in [-0.15, -0.1) is 0 Å². The van der Waals surface area contributed by atoms with E-state index in [4.69, 9.17) is 14.2 Å². The van der Waals surface area contributed by atoms with E-state index in [9.17, 15) is 18.8 Å². The lowest BCUT2D eigenvalue weighted by Crippen LogP contribution is -2.54.